The fourth-order valence-electron chi connectivity index (χ4n) is 2.28. The molecule has 1 aromatic carbocycles. The van der Waals surface area contributed by atoms with Crippen LogP contribution < -0.4 is 5.73 Å². The number of hydrogen-bond donors (Lipinski definition) is 2. The molecule has 3 N–H and O–H groups in total. The molecule has 16 heavy (non-hydrogen) atoms. The summed E-state index contributed by atoms with van der Waals surface area (Å²) in [6.45, 7) is 0. The quantitative estimate of drug-likeness (QED) is 0.842. The lowest BCUT2D eigenvalue weighted by Gasteiger charge is -2.02. The highest BCUT2D eigenvalue weighted by Crippen LogP contribution is 2.31. The molecule has 0 fully saturated rings. The van der Waals surface area contributed by atoms with E-state index in [2.05, 4.69) is 44.1 Å². The van der Waals surface area contributed by atoms with Gasteiger partial charge in [-0.25, -0.2) is 4.98 Å². The van der Waals surface area contributed by atoms with E-state index < -0.39 is 0 Å². The predicted octanol–water partition coefficient (Wildman–Crippen LogP) is 2.91. The van der Waals surface area contributed by atoms with Gasteiger partial charge in [-0.05, 0) is 52.4 Å². The third-order valence-corrected chi connectivity index (χ3v) is 3.62. The molecule has 0 radical (unpaired) electrons. The topological polar surface area (TPSA) is 54.7 Å². The Hall–Kier alpha value is -1.29. The molecule has 0 bridgehead atoms. The molecule has 0 aliphatic heterocycles. The predicted molar refractivity (Wildman–Crippen MR) is 68.2 cm³/mol. The number of hydrogen-bond acceptors (Lipinski definition) is 2. The maximum Gasteiger partial charge on any atom is 0.198 e. The number of nitrogens with two attached hydrogens (primary N) is 1. The zero-order chi connectivity index (χ0) is 11.1. The van der Waals surface area contributed by atoms with Gasteiger partial charge in [0.1, 0.15) is 10.3 Å². The van der Waals surface area contributed by atoms with Crippen molar-refractivity contribution in [3.8, 4) is 11.3 Å². The van der Waals surface area contributed by atoms with Crippen LogP contribution in [0.1, 0.15) is 17.5 Å². The molecule has 3 nitrogen and oxygen atoms in total. The van der Waals surface area contributed by atoms with Gasteiger partial charge in [-0.2, -0.15) is 0 Å². The molecule has 2 aromatic rings. The van der Waals surface area contributed by atoms with Gasteiger partial charge in [-0.15, -0.1) is 0 Å². The van der Waals surface area contributed by atoms with Crippen LogP contribution in [0.3, 0.4) is 0 Å². The molecular weight excluding hydrogens is 266 g/mol. The van der Waals surface area contributed by atoms with Crippen molar-refractivity contribution in [3.05, 3.63) is 33.9 Å². The summed E-state index contributed by atoms with van der Waals surface area (Å²) in [5.41, 5.74) is 10.6. The van der Waals surface area contributed by atoms with Crippen molar-refractivity contribution >= 4 is 21.9 Å². The second kappa shape index (κ2) is 3.63. The number of fused-ring (bicyclic) bond motifs is 1. The lowest BCUT2D eigenvalue weighted by Crippen LogP contribution is -1.87. The maximum absolute atomic E-state index is 5.63. The van der Waals surface area contributed by atoms with Crippen LogP contribution in [-0.2, 0) is 12.8 Å². The van der Waals surface area contributed by atoms with Crippen molar-refractivity contribution in [2.45, 2.75) is 19.3 Å². The standard InChI is InChI=1S/C12H12BrN3/c13-11-10(15-12(14)16-11)9-5-4-7-2-1-3-8(7)6-9/h4-6H,1-3H2,(H3,14,15,16). The summed E-state index contributed by atoms with van der Waals surface area (Å²) in [4.78, 5) is 7.24. The number of H-pyrrole nitrogens is 1. The van der Waals surface area contributed by atoms with Crippen molar-refractivity contribution in [3.63, 3.8) is 0 Å². The average molecular weight is 278 g/mol. The van der Waals surface area contributed by atoms with Gasteiger partial charge in [0, 0.05) is 5.56 Å². The number of halogens is 1. The van der Waals surface area contributed by atoms with E-state index in [0.29, 0.717) is 5.95 Å². The first-order valence-electron chi connectivity index (χ1n) is 5.37. The molecule has 0 saturated carbocycles. The second-order valence-corrected chi connectivity index (χ2v) is 4.91. The fourth-order valence-corrected chi connectivity index (χ4v) is 2.80. The summed E-state index contributed by atoms with van der Waals surface area (Å²) in [5, 5.41) is 0. The molecular formula is C12H12BrN3. The largest absolute Gasteiger partial charge is 0.369 e. The molecule has 0 saturated heterocycles. The molecule has 1 aliphatic rings. The number of aryl methyl sites for hydroxylation is 2. The van der Waals surface area contributed by atoms with Crippen LogP contribution in [0.15, 0.2) is 22.8 Å². The molecule has 3 rings (SSSR count). The normalized spacial score (nSPS) is 14.1. The molecule has 0 unspecified atom stereocenters. The van der Waals surface area contributed by atoms with Crippen LogP contribution in [-0.4, -0.2) is 9.97 Å². The number of aromatic nitrogens is 2. The summed E-state index contributed by atoms with van der Waals surface area (Å²) in [6, 6.07) is 6.54. The molecule has 1 aromatic heterocycles. The van der Waals surface area contributed by atoms with Gasteiger partial charge in [-0.1, -0.05) is 12.1 Å². The van der Waals surface area contributed by atoms with Crippen molar-refractivity contribution < 1.29 is 0 Å². The van der Waals surface area contributed by atoms with Gasteiger partial charge in [0.05, 0.1) is 0 Å². The Morgan fingerprint density at radius 2 is 2.06 bits per heavy atom. The van der Waals surface area contributed by atoms with Crippen LogP contribution in [0, 0.1) is 0 Å². The zero-order valence-corrected chi connectivity index (χ0v) is 10.3. The fraction of sp³-hybridized carbons (Fsp3) is 0.250. The minimum Gasteiger partial charge on any atom is -0.369 e. The Bertz CT molecular complexity index is 545. The Kier molecular flexibility index (Phi) is 2.24. The van der Waals surface area contributed by atoms with Crippen LogP contribution in [0.5, 0.6) is 0 Å². The molecule has 0 spiro atoms. The number of anilines is 1. The first kappa shape index (κ1) is 9.90. The first-order chi connectivity index (χ1) is 7.74. The summed E-state index contributed by atoms with van der Waals surface area (Å²) in [6.07, 6.45) is 3.66. The SMILES string of the molecule is Nc1nc(-c2ccc3c(c2)CCC3)c(Br)[nH]1. The van der Waals surface area contributed by atoms with E-state index >= 15 is 0 Å². The number of nitrogens with one attached hydrogen (secondary N) is 1. The van der Waals surface area contributed by atoms with Gasteiger partial charge in [0.15, 0.2) is 5.95 Å². The van der Waals surface area contributed by atoms with Crippen molar-refractivity contribution in [2.75, 3.05) is 5.73 Å². The van der Waals surface area contributed by atoms with Crippen LogP contribution in [0.4, 0.5) is 5.95 Å². The maximum atomic E-state index is 5.63. The van der Waals surface area contributed by atoms with E-state index in [0.717, 1.165) is 15.9 Å². The summed E-state index contributed by atoms with van der Waals surface area (Å²) in [5.74, 6) is 0.447. The van der Waals surface area contributed by atoms with E-state index in [9.17, 15) is 0 Å². The van der Waals surface area contributed by atoms with Gasteiger partial charge in [0.25, 0.3) is 0 Å². The lowest BCUT2D eigenvalue weighted by molar-refractivity contribution is 0.912. The lowest BCUT2D eigenvalue weighted by atomic mass is 10.1. The van der Waals surface area contributed by atoms with Crippen molar-refractivity contribution in [1.29, 1.82) is 0 Å². The molecule has 0 atom stereocenters. The van der Waals surface area contributed by atoms with Gasteiger partial charge < -0.3 is 10.7 Å². The van der Waals surface area contributed by atoms with Gasteiger partial charge in [-0.3, -0.25) is 0 Å². The second-order valence-electron chi connectivity index (χ2n) is 4.12. The minimum atomic E-state index is 0.447. The Balaban J connectivity index is 2.10. The number of aromatic amines is 1. The van der Waals surface area contributed by atoms with E-state index in [4.69, 9.17) is 5.73 Å². The number of nitrogens with zero attached hydrogens (tertiary/aromatic N) is 1. The van der Waals surface area contributed by atoms with E-state index in [-0.39, 0.29) is 0 Å². The van der Waals surface area contributed by atoms with E-state index in [1.54, 1.807) is 0 Å². The van der Waals surface area contributed by atoms with Gasteiger partial charge in [0.2, 0.25) is 0 Å². The third-order valence-electron chi connectivity index (χ3n) is 3.05. The number of benzene rings is 1. The van der Waals surface area contributed by atoms with E-state index in [1.807, 2.05) is 0 Å². The number of nitrogen functional groups attached to an aromatic ring is 1. The molecule has 82 valence electrons. The van der Waals surface area contributed by atoms with Crippen LogP contribution in [0.2, 0.25) is 0 Å². The van der Waals surface area contributed by atoms with Crippen LogP contribution in [0.25, 0.3) is 11.3 Å². The highest BCUT2D eigenvalue weighted by molar-refractivity contribution is 9.10. The Labute approximate surface area is 102 Å². The molecule has 4 heteroatoms. The molecule has 1 heterocycles. The molecule has 0 amide bonds. The van der Waals surface area contributed by atoms with Crippen LogP contribution >= 0.6 is 15.9 Å². The zero-order valence-electron chi connectivity index (χ0n) is 8.76. The number of imidazole rings is 1. The average Bonchev–Trinajstić information content (AvgIpc) is 2.83. The minimum absolute atomic E-state index is 0.447. The highest BCUT2D eigenvalue weighted by Gasteiger charge is 2.14. The Morgan fingerprint density at radius 1 is 1.25 bits per heavy atom. The molecule has 1 aliphatic carbocycles. The van der Waals surface area contributed by atoms with E-state index in [1.165, 1.54) is 30.4 Å². The third kappa shape index (κ3) is 1.53. The van der Waals surface area contributed by atoms with Gasteiger partial charge >= 0.3 is 0 Å². The van der Waals surface area contributed by atoms with Crippen molar-refractivity contribution in [2.24, 2.45) is 0 Å². The summed E-state index contributed by atoms with van der Waals surface area (Å²) >= 11 is 3.44. The summed E-state index contributed by atoms with van der Waals surface area (Å²) < 4.78 is 0.850. The Morgan fingerprint density at radius 3 is 2.81 bits per heavy atom. The monoisotopic (exact) mass is 277 g/mol. The van der Waals surface area contributed by atoms with Crippen molar-refractivity contribution in [1.82, 2.24) is 9.97 Å². The smallest absolute Gasteiger partial charge is 0.198 e. The first-order valence-corrected chi connectivity index (χ1v) is 6.16. The highest BCUT2D eigenvalue weighted by atomic mass is 79.9. The number of rotatable bonds is 1. The summed E-state index contributed by atoms with van der Waals surface area (Å²) in [7, 11) is 0.